The molecule has 0 bridgehead atoms. The maximum atomic E-state index is 12.8. The Balaban J connectivity index is 0.00000200. The predicted octanol–water partition coefficient (Wildman–Crippen LogP) is 3.67. The summed E-state index contributed by atoms with van der Waals surface area (Å²) in [5.74, 6) is 0. The molecule has 0 aromatic heterocycles. The Morgan fingerprint density at radius 3 is 2.50 bits per heavy atom. The fourth-order valence-electron chi connectivity index (χ4n) is 2.53. The molecule has 1 heterocycles. The monoisotopic (exact) mass is 324 g/mol. The number of rotatable bonds is 4. The molecule has 20 heavy (non-hydrogen) atoms. The van der Waals surface area contributed by atoms with Gasteiger partial charge in [-0.25, -0.2) is 8.78 Å². The van der Waals surface area contributed by atoms with Crippen molar-refractivity contribution in [2.24, 2.45) is 0 Å². The van der Waals surface area contributed by atoms with Gasteiger partial charge in [0.2, 0.25) is 6.43 Å². The Labute approximate surface area is 129 Å². The second-order valence-corrected chi connectivity index (χ2v) is 5.34. The van der Waals surface area contributed by atoms with E-state index in [-0.39, 0.29) is 24.9 Å². The number of hydrogen-bond donors (Lipinski definition) is 1. The zero-order valence-electron chi connectivity index (χ0n) is 11.4. The molecule has 1 aromatic rings. The number of nitrogens with zero attached hydrogens (tertiary/aromatic N) is 1. The molecule has 114 valence electrons. The van der Waals surface area contributed by atoms with Gasteiger partial charge in [0, 0.05) is 43.7 Å². The van der Waals surface area contributed by atoms with Crippen molar-refractivity contribution < 1.29 is 8.78 Å². The average molecular weight is 325 g/mol. The van der Waals surface area contributed by atoms with Crippen LogP contribution in [0, 0.1) is 6.92 Å². The molecule has 6 heteroatoms. The number of hydrogen-bond acceptors (Lipinski definition) is 2. The van der Waals surface area contributed by atoms with Gasteiger partial charge >= 0.3 is 0 Å². The minimum atomic E-state index is -2.30. The Kier molecular flexibility index (Phi) is 7.17. The van der Waals surface area contributed by atoms with E-state index in [1.54, 1.807) is 6.07 Å². The average Bonchev–Trinajstić information content (AvgIpc) is 2.40. The lowest BCUT2D eigenvalue weighted by Gasteiger charge is -2.35. The van der Waals surface area contributed by atoms with Crippen molar-refractivity contribution in [1.82, 2.24) is 10.2 Å². The van der Waals surface area contributed by atoms with E-state index in [0.29, 0.717) is 5.02 Å². The van der Waals surface area contributed by atoms with Crippen LogP contribution in [0.4, 0.5) is 8.78 Å². The molecule has 1 fully saturated rings. The van der Waals surface area contributed by atoms with E-state index in [2.05, 4.69) is 10.2 Å². The van der Waals surface area contributed by atoms with E-state index >= 15 is 0 Å². The minimum Gasteiger partial charge on any atom is -0.314 e. The van der Waals surface area contributed by atoms with Crippen LogP contribution in [-0.2, 0) is 0 Å². The highest BCUT2D eigenvalue weighted by Crippen LogP contribution is 2.30. The molecule has 1 aliphatic rings. The topological polar surface area (TPSA) is 15.3 Å². The fourth-order valence-corrected chi connectivity index (χ4v) is 2.65. The van der Waals surface area contributed by atoms with E-state index in [1.165, 1.54) is 0 Å². The molecule has 0 aliphatic carbocycles. The summed E-state index contributed by atoms with van der Waals surface area (Å²) >= 11 is 6.01. The Morgan fingerprint density at radius 2 is 1.95 bits per heavy atom. The van der Waals surface area contributed by atoms with Gasteiger partial charge in [0.25, 0.3) is 0 Å². The van der Waals surface area contributed by atoms with E-state index in [4.69, 9.17) is 11.6 Å². The third-order valence-electron chi connectivity index (χ3n) is 3.56. The highest BCUT2D eigenvalue weighted by molar-refractivity contribution is 6.31. The van der Waals surface area contributed by atoms with Gasteiger partial charge < -0.3 is 5.32 Å². The number of benzene rings is 1. The third kappa shape index (κ3) is 4.55. The van der Waals surface area contributed by atoms with Crippen molar-refractivity contribution in [3.63, 3.8) is 0 Å². The van der Waals surface area contributed by atoms with Crippen LogP contribution in [0.25, 0.3) is 0 Å². The van der Waals surface area contributed by atoms with Crippen molar-refractivity contribution >= 4 is 24.0 Å². The Morgan fingerprint density at radius 1 is 1.30 bits per heavy atom. The van der Waals surface area contributed by atoms with Crippen LogP contribution < -0.4 is 5.32 Å². The lowest BCUT2D eigenvalue weighted by Crippen LogP contribution is -2.45. The first-order chi connectivity index (χ1) is 9.08. The summed E-state index contributed by atoms with van der Waals surface area (Å²) in [5, 5.41) is 3.93. The van der Waals surface area contributed by atoms with Crippen molar-refractivity contribution in [1.29, 1.82) is 0 Å². The number of halogens is 4. The molecular formula is C14H20Cl2F2N2. The van der Waals surface area contributed by atoms with Crippen molar-refractivity contribution in [3.8, 4) is 0 Å². The summed E-state index contributed by atoms with van der Waals surface area (Å²) in [4.78, 5) is 2.13. The summed E-state index contributed by atoms with van der Waals surface area (Å²) in [5.41, 5.74) is 1.87. The van der Waals surface area contributed by atoms with E-state index in [0.717, 1.165) is 37.3 Å². The zero-order chi connectivity index (χ0) is 13.8. The van der Waals surface area contributed by atoms with Crippen molar-refractivity contribution in [2.45, 2.75) is 25.8 Å². The molecule has 1 saturated heterocycles. The fraction of sp³-hybridized carbons (Fsp3) is 0.571. The summed E-state index contributed by atoms with van der Waals surface area (Å²) in [6, 6.07) is 5.37. The number of piperazine rings is 1. The van der Waals surface area contributed by atoms with Gasteiger partial charge in [-0.3, -0.25) is 4.90 Å². The number of alkyl halides is 2. The minimum absolute atomic E-state index is 0. The molecule has 0 radical (unpaired) electrons. The zero-order valence-corrected chi connectivity index (χ0v) is 13.0. The van der Waals surface area contributed by atoms with Gasteiger partial charge in [-0.15, -0.1) is 12.4 Å². The van der Waals surface area contributed by atoms with Crippen molar-refractivity contribution in [2.75, 3.05) is 26.2 Å². The van der Waals surface area contributed by atoms with Gasteiger partial charge in [0.15, 0.2) is 0 Å². The summed E-state index contributed by atoms with van der Waals surface area (Å²) in [6.45, 7) is 5.22. The number of aryl methyl sites for hydroxylation is 1. The van der Waals surface area contributed by atoms with Crippen LogP contribution in [0.3, 0.4) is 0 Å². The second kappa shape index (κ2) is 8.13. The Bertz CT molecular complexity index is 424. The molecule has 0 amide bonds. The predicted molar refractivity (Wildman–Crippen MR) is 81.2 cm³/mol. The summed E-state index contributed by atoms with van der Waals surface area (Å²) in [7, 11) is 0. The van der Waals surface area contributed by atoms with Crippen LogP contribution in [0.15, 0.2) is 18.2 Å². The Hall–Kier alpha value is -0.420. The maximum absolute atomic E-state index is 12.8. The molecule has 2 nitrogen and oxygen atoms in total. The van der Waals surface area contributed by atoms with Crippen LogP contribution in [0.1, 0.15) is 23.6 Å². The number of nitrogens with one attached hydrogen (secondary N) is 1. The quantitative estimate of drug-likeness (QED) is 0.909. The first kappa shape index (κ1) is 17.6. The SMILES string of the molecule is Cc1cc([C@H](CC(F)F)N2CCNCC2)ccc1Cl.Cl. The standard InChI is InChI=1S/C14H19ClF2N2.ClH/c1-10-8-11(2-3-12(10)15)13(9-14(16)17)19-6-4-18-5-7-19;/h2-3,8,13-14,18H,4-7,9H2,1H3;1H/t13-;/m0./s1. The van der Waals surface area contributed by atoms with E-state index in [9.17, 15) is 8.78 Å². The van der Waals surface area contributed by atoms with E-state index in [1.807, 2.05) is 19.1 Å². The lowest BCUT2D eigenvalue weighted by molar-refractivity contribution is 0.0739. The van der Waals surface area contributed by atoms with Gasteiger partial charge in [-0.1, -0.05) is 23.7 Å². The van der Waals surface area contributed by atoms with Crippen molar-refractivity contribution in [3.05, 3.63) is 34.3 Å². The summed E-state index contributed by atoms with van der Waals surface area (Å²) < 4.78 is 25.7. The largest absolute Gasteiger partial charge is 0.314 e. The summed E-state index contributed by atoms with van der Waals surface area (Å²) in [6.07, 6.45) is -2.42. The molecule has 1 N–H and O–H groups in total. The smallest absolute Gasteiger partial charge is 0.240 e. The van der Waals surface area contributed by atoms with Gasteiger partial charge in [-0.05, 0) is 24.1 Å². The van der Waals surface area contributed by atoms with Crippen LogP contribution in [0.5, 0.6) is 0 Å². The molecule has 0 unspecified atom stereocenters. The van der Waals surface area contributed by atoms with Gasteiger partial charge in [0.05, 0.1) is 0 Å². The first-order valence-electron chi connectivity index (χ1n) is 6.57. The second-order valence-electron chi connectivity index (χ2n) is 4.94. The van der Waals surface area contributed by atoms with Gasteiger partial charge in [-0.2, -0.15) is 0 Å². The highest BCUT2D eigenvalue weighted by Gasteiger charge is 2.25. The molecule has 0 saturated carbocycles. The molecular weight excluding hydrogens is 305 g/mol. The van der Waals surface area contributed by atoms with Crippen LogP contribution >= 0.6 is 24.0 Å². The molecule has 1 aliphatic heterocycles. The molecule has 2 rings (SSSR count). The normalized spacial score (nSPS) is 17.9. The maximum Gasteiger partial charge on any atom is 0.240 e. The lowest BCUT2D eigenvalue weighted by atomic mass is 9.99. The highest BCUT2D eigenvalue weighted by atomic mass is 35.5. The van der Waals surface area contributed by atoms with Gasteiger partial charge in [0.1, 0.15) is 0 Å². The third-order valence-corrected chi connectivity index (χ3v) is 3.98. The molecule has 0 spiro atoms. The molecule has 1 aromatic carbocycles. The van der Waals surface area contributed by atoms with E-state index < -0.39 is 6.43 Å². The first-order valence-corrected chi connectivity index (χ1v) is 6.94. The van der Waals surface area contributed by atoms with Crippen LogP contribution in [-0.4, -0.2) is 37.5 Å². The molecule has 1 atom stereocenters. The van der Waals surface area contributed by atoms with Crippen LogP contribution in [0.2, 0.25) is 5.02 Å².